The zero-order valence-electron chi connectivity index (χ0n) is 20.7. The van der Waals surface area contributed by atoms with Crippen LogP contribution >= 0.6 is 0 Å². The summed E-state index contributed by atoms with van der Waals surface area (Å²) in [6.07, 6.45) is 0.626. The van der Waals surface area contributed by atoms with Crippen molar-refractivity contribution in [2.24, 2.45) is 0 Å². The fourth-order valence-corrected chi connectivity index (χ4v) is 3.75. The summed E-state index contributed by atoms with van der Waals surface area (Å²) in [7, 11) is 1.62. The predicted molar refractivity (Wildman–Crippen MR) is 137 cm³/mol. The van der Waals surface area contributed by atoms with Gasteiger partial charge in [0.1, 0.15) is 11.6 Å². The van der Waals surface area contributed by atoms with E-state index in [1.807, 2.05) is 43.3 Å². The number of ether oxygens (including phenoxy) is 1. The van der Waals surface area contributed by atoms with Crippen LogP contribution in [0.2, 0.25) is 0 Å². The van der Waals surface area contributed by atoms with E-state index in [0.29, 0.717) is 24.3 Å². The highest BCUT2D eigenvalue weighted by Crippen LogP contribution is 2.16. The first-order valence-electron chi connectivity index (χ1n) is 11.9. The lowest BCUT2D eigenvalue weighted by atomic mass is 10.1. The van der Waals surface area contributed by atoms with Gasteiger partial charge in [-0.25, -0.2) is 4.39 Å². The van der Waals surface area contributed by atoms with Gasteiger partial charge in [-0.1, -0.05) is 47.1 Å². The molecule has 0 saturated carbocycles. The van der Waals surface area contributed by atoms with Gasteiger partial charge >= 0.3 is 0 Å². The van der Waals surface area contributed by atoms with Crippen LogP contribution < -0.4 is 10.1 Å². The van der Waals surface area contributed by atoms with Gasteiger partial charge in [-0.3, -0.25) is 9.59 Å². The molecule has 37 heavy (non-hydrogen) atoms. The summed E-state index contributed by atoms with van der Waals surface area (Å²) in [5.74, 6) is 0.250. The molecular formula is C29H28FN3O4. The topological polar surface area (TPSA) is 84.7 Å². The Labute approximate surface area is 214 Å². The lowest BCUT2D eigenvalue weighted by Gasteiger charge is -2.22. The SMILES string of the molecule is COc1ccc(CCN(Cc2cc(C(=O)NCc3ccc(F)cc3)no2)C(=O)c2ccc(C)cc2)cc1. The summed E-state index contributed by atoms with van der Waals surface area (Å²) in [4.78, 5) is 27.6. The van der Waals surface area contributed by atoms with Crippen LogP contribution in [0.1, 0.15) is 43.3 Å². The first-order chi connectivity index (χ1) is 17.9. The Morgan fingerprint density at radius 1 is 0.973 bits per heavy atom. The van der Waals surface area contributed by atoms with Crippen LogP contribution in [0.3, 0.4) is 0 Å². The standard InChI is InChI=1S/C29H28FN3O4/c1-20-3-9-23(10-4-20)29(35)33(16-15-21-7-13-25(36-2)14-8-21)19-26-17-27(32-37-26)28(34)31-18-22-5-11-24(30)12-6-22/h3-14,17H,15-16,18-19H2,1-2H3,(H,31,34). The van der Waals surface area contributed by atoms with Crippen molar-refractivity contribution in [2.75, 3.05) is 13.7 Å². The quantitative estimate of drug-likeness (QED) is 0.333. The third-order valence-electron chi connectivity index (χ3n) is 5.92. The molecule has 0 aliphatic heterocycles. The Bertz CT molecular complexity index is 1330. The maximum Gasteiger partial charge on any atom is 0.273 e. The molecule has 1 N–H and O–H groups in total. The van der Waals surface area contributed by atoms with Crippen molar-refractivity contribution in [3.05, 3.63) is 118 Å². The molecule has 0 saturated heterocycles. The fourth-order valence-electron chi connectivity index (χ4n) is 3.75. The summed E-state index contributed by atoms with van der Waals surface area (Å²) in [6, 6.07) is 22.5. The van der Waals surface area contributed by atoms with Gasteiger partial charge in [0.2, 0.25) is 0 Å². The number of amides is 2. The van der Waals surface area contributed by atoms with Gasteiger partial charge in [-0.2, -0.15) is 0 Å². The molecule has 7 nitrogen and oxygen atoms in total. The number of benzene rings is 3. The van der Waals surface area contributed by atoms with Crippen LogP contribution in [0, 0.1) is 12.7 Å². The lowest BCUT2D eigenvalue weighted by molar-refractivity contribution is 0.0729. The molecule has 190 valence electrons. The number of aryl methyl sites for hydroxylation is 1. The zero-order valence-corrected chi connectivity index (χ0v) is 20.7. The van der Waals surface area contributed by atoms with E-state index in [9.17, 15) is 14.0 Å². The van der Waals surface area contributed by atoms with Gasteiger partial charge in [-0.05, 0) is 60.9 Å². The maximum atomic E-state index is 13.3. The van der Waals surface area contributed by atoms with Crippen molar-refractivity contribution in [3.63, 3.8) is 0 Å². The third kappa shape index (κ3) is 7.04. The minimum atomic E-state index is -0.422. The summed E-state index contributed by atoms with van der Waals surface area (Å²) in [6.45, 7) is 2.78. The first kappa shape index (κ1) is 25.6. The second-order valence-electron chi connectivity index (χ2n) is 8.68. The predicted octanol–water partition coefficient (Wildman–Crippen LogP) is 4.95. The lowest BCUT2D eigenvalue weighted by Crippen LogP contribution is -2.32. The Morgan fingerprint density at radius 3 is 2.32 bits per heavy atom. The average molecular weight is 502 g/mol. The number of aromatic nitrogens is 1. The fraction of sp³-hybridized carbons (Fsp3) is 0.207. The molecule has 0 fully saturated rings. The molecule has 0 spiro atoms. The molecule has 0 aliphatic carbocycles. The molecule has 1 heterocycles. The van der Waals surface area contributed by atoms with Gasteiger partial charge in [0.05, 0.1) is 13.7 Å². The van der Waals surface area contributed by atoms with Crippen LogP contribution in [-0.4, -0.2) is 35.5 Å². The number of hydrogen-bond acceptors (Lipinski definition) is 5. The summed E-state index contributed by atoms with van der Waals surface area (Å²) in [5.41, 5.74) is 3.55. The molecular weight excluding hydrogens is 473 g/mol. The molecule has 2 amide bonds. The second-order valence-corrected chi connectivity index (χ2v) is 8.68. The van der Waals surface area contributed by atoms with Crippen LogP contribution in [0.4, 0.5) is 4.39 Å². The number of nitrogens with zero attached hydrogens (tertiary/aromatic N) is 2. The highest BCUT2D eigenvalue weighted by molar-refractivity contribution is 5.94. The molecule has 0 aliphatic rings. The van der Waals surface area contributed by atoms with Crippen molar-refractivity contribution in [2.45, 2.75) is 26.4 Å². The molecule has 0 bridgehead atoms. The second kappa shape index (κ2) is 12.0. The Hall–Kier alpha value is -4.46. The minimum absolute atomic E-state index is 0.106. The van der Waals surface area contributed by atoms with Crippen molar-refractivity contribution in [3.8, 4) is 5.75 Å². The van der Waals surface area contributed by atoms with E-state index in [1.165, 1.54) is 18.2 Å². The molecule has 4 aromatic rings. The van der Waals surface area contributed by atoms with Crippen molar-refractivity contribution in [1.82, 2.24) is 15.4 Å². The number of halogens is 1. The molecule has 0 atom stereocenters. The summed E-state index contributed by atoms with van der Waals surface area (Å²) < 4.78 is 23.7. The maximum absolute atomic E-state index is 13.3. The molecule has 4 rings (SSSR count). The van der Waals surface area contributed by atoms with Crippen molar-refractivity contribution < 1.29 is 23.2 Å². The van der Waals surface area contributed by atoms with Crippen LogP contribution in [0.15, 0.2) is 83.4 Å². The molecule has 3 aromatic carbocycles. The number of methoxy groups -OCH3 is 1. The zero-order chi connectivity index (χ0) is 26.2. The highest BCUT2D eigenvalue weighted by Gasteiger charge is 2.20. The van der Waals surface area contributed by atoms with E-state index in [1.54, 1.807) is 36.3 Å². The Kier molecular flexibility index (Phi) is 8.30. The van der Waals surface area contributed by atoms with Gasteiger partial charge in [0, 0.05) is 24.7 Å². The normalized spacial score (nSPS) is 10.7. The van der Waals surface area contributed by atoms with Gasteiger partial charge in [-0.15, -0.1) is 0 Å². The van der Waals surface area contributed by atoms with E-state index < -0.39 is 5.91 Å². The molecule has 0 unspecified atom stereocenters. The van der Waals surface area contributed by atoms with E-state index in [-0.39, 0.29) is 30.5 Å². The van der Waals surface area contributed by atoms with E-state index >= 15 is 0 Å². The van der Waals surface area contributed by atoms with Gasteiger partial charge < -0.3 is 19.5 Å². The van der Waals surface area contributed by atoms with Crippen LogP contribution in [0.5, 0.6) is 5.75 Å². The monoisotopic (exact) mass is 501 g/mol. The smallest absolute Gasteiger partial charge is 0.273 e. The van der Waals surface area contributed by atoms with E-state index in [4.69, 9.17) is 9.26 Å². The Morgan fingerprint density at radius 2 is 1.65 bits per heavy atom. The first-order valence-corrected chi connectivity index (χ1v) is 11.9. The summed E-state index contributed by atoms with van der Waals surface area (Å²) in [5, 5.41) is 6.61. The third-order valence-corrected chi connectivity index (χ3v) is 5.92. The average Bonchev–Trinajstić information content (AvgIpc) is 3.39. The molecule has 8 heteroatoms. The number of hydrogen-bond donors (Lipinski definition) is 1. The molecule has 0 radical (unpaired) electrons. The van der Waals surface area contributed by atoms with Crippen molar-refractivity contribution in [1.29, 1.82) is 0 Å². The highest BCUT2D eigenvalue weighted by atomic mass is 19.1. The summed E-state index contributed by atoms with van der Waals surface area (Å²) >= 11 is 0. The van der Waals surface area contributed by atoms with E-state index in [0.717, 1.165) is 22.4 Å². The van der Waals surface area contributed by atoms with Crippen LogP contribution in [0.25, 0.3) is 0 Å². The minimum Gasteiger partial charge on any atom is -0.497 e. The number of nitrogens with one attached hydrogen (secondary N) is 1. The largest absolute Gasteiger partial charge is 0.497 e. The number of carbonyl (C=O) groups is 2. The van der Waals surface area contributed by atoms with Gasteiger partial charge in [0.15, 0.2) is 11.5 Å². The molecule has 1 aromatic heterocycles. The van der Waals surface area contributed by atoms with Gasteiger partial charge in [0.25, 0.3) is 11.8 Å². The Balaban J connectivity index is 1.44. The number of rotatable bonds is 10. The van der Waals surface area contributed by atoms with E-state index in [2.05, 4.69) is 10.5 Å². The number of carbonyl (C=O) groups excluding carboxylic acids is 2. The van der Waals surface area contributed by atoms with Crippen LogP contribution in [-0.2, 0) is 19.5 Å². The van der Waals surface area contributed by atoms with Crippen molar-refractivity contribution >= 4 is 11.8 Å².